The summed E-state index contributed by atoms with van der Waals surface area (Å²) in [7, 11) is 0. The van der Waals surface area contributed by atoms with Crippen LogP contribution in [0, 0.1) is 6.92 Å². The van der Waals surface area contributed by atoms with Gasteiger partial charge in [0, 0.05) is 24.8 Å². The number of piperidine rings is 1. The molecule has 1 heterocycles. The van der Waals surface area contributed by atoms with E-state index in [-0.39, 0.29) is 0 Å². The van der Waals surface area contributed by atoms with Gasteiger partial charge in [-0.2, -0.15) is 0 Å². The minimum atomic E-state index is 0.766. The zero-order valence-electron chi connectivity index (χ0n) is 11.1. The Morgan fingerprint density at radius 2 is 2.12 bits per heavy atom. The van der Waals surface area contributed by atoms with Crippen molar-refractivity contribution in [2.45, 2.75) is 39.2 Å². The zero-order chi connectivity index (χ0) is 12.1. The number of hydrogen-bond acceptors (Lipinski definition) is 2. The van der Waals surface area contributed by atoms with E-state index in [4.69, 9.17) is 0 Å². The summed E-state index contributed by atoms with van der Waals surface area (Å²) < 4.78 is 0. The predicted molar refractivity (Wildman–Crippen MR) is 74.6 cm³/mol. The van der Waals surface area contributed by atoms with Gasteiger partial charge in [-0.05, 0) is 44.9 Å². The molecule has 0 spiro atoms. The maximum atomic E-state index is 3.54. The Morgan fingerprint density at radius 3 is 2.88 bits per heavy atom. The first kappa shape index (κ1) is 12.4. The van der Waals surface area contributed by atoms with Gasteiger partial charge in [-0.1, -0.05) is 24.6 Å². The van der Waals surface area contributed by atoms with E-state index in [9.17, 15) is 0 Å². The number of aryl methyl sites for hydroxylation is 1. The van der Waals surface area contributed by atoms with Crippen LogP contribution in [0.3, 0.4) is 0 Å². The van der Waals surface area contributed by atoms with Crippen molar-refractivity contribution < 1.29 is 0 Å². The van der Waals surface area contributed by atoms with Crippen molar-refractivity contribution in [2.75, 3.05) is 25.0 Å². The third-order valence-electron chi connectivity index (χ3n) is 3.80. The molecule has 1 atom stereocenters. The minimum absolute atomic E-state index is 0.766. The monoisotopic (exact) mass is 232 g/mol. The van der Waals surface area contributed by atoms with Crippen molar-refractivity contribution in [3.8, 4) is 0 Å². The lowest BCUT2D eigenvalue weighted by atomic mass is 10.0. The maximum Gasteiger partial charge on any atom is 0.0370 e. The fourth-order valence-corrected chi connectivity index (χ4v) is 2.60. The third-order valence-corrected chi connectivity index (χ3v) is 3.80. The van der Waals surface area contributed by atoms with E-state index in [0.717, 1.165) is 19.1 Å². The normalized spacial score (nSPS) is 21.4. The van der Waals surface area contributed by atoms with Crippen molar-refractivity contribution in [1.29, 1.82) is 0 Å². The zero-order valence-corrected chi connectivity index (χ0v) is 11.1. The molecule has 94 valence electrons. The van der Waals surface area contributed by atoms with Crippen LogP contribution < -0.4 is 5.32 Å². The molecule has 1 fully saturated rings. The molecular weight excluding hydrogens is 208 g/mol. The standard InChI is InChI=1S/C15H24N2/c1-13-7-3-4-9-15(13)16-10-12-17-11-6-5-8-14(17)2/h3-4,7,9,14,16H,5-6,8,10-12H2,1-2H3. The lowest BCUT2D eigenvalue weighted by Gasteiger charge is -2.33. The largest absolute Gasteiger partial charge is 0.384 e. The van der Waals surface area contributed by atoms with Gasteiger partial charge < -0.3 is 5.32 Å². The Bertz CT molecular complexity index is 349. The number of nitrogens with one attached hydrogen (secondary N) is 1. The Balaban J connectivity index is 1.77. The first-order valence-corrected chi connectivity index (χ1v) is 6.81. The number of para-hydroxylation sites is 1. The number of rotatable bonds is 4. The van der Waals surface area contributed by atoms with E-state index >= 15 is 0 Å². The Labute approximate surface area is 105 Å². The number of likely N-dealkylation sites (tertiary alicyclic amines) is 1. The van der Waals surface area contributed by atoms with Gasteiger partial charge in [-0.25, -0.2) is 0 Å². The fraction of sp³-hybridized carbons (Fsp3) is 0.600. The van der Waals surface area contributed by atoms with Gasteiger partial charge in [0.2, 0.25) is 0 Å². The number of nitrogens with zero attached hydrogens (tertiary/aromatic N) is 1. The summed E-state index contributed by atoms with van der Waals surface area (Å²) in [5.74, 6) is 0. The SMILES string of the molecule is Cc1ccccc1NCCN1CCCCC1C. The van der Waals surface area contributed by atoms with Gasteiger partial charge in [-0.15, -0.1) is 0 Å². The number of anilines is 1. The molecule has 1 saturated heterocycles. The molecule has 1 aromatic carbocycles. The summed E-state index contributed by atoms with van der Waals surface area (Å²) in [6.07, 6.45) is 4.14. The number of benzene rings is 1. The molecule has 0 bridgehead atoms. The van der Waals surface area contributed by atoms with Gasteiger partial charge in [0.15, 0.2) is 0 Å². The van der Waals surface area contributed by atoms with E-state index in [1.807, 2.05) is 0 Å². The van der Waals surface area contributed by atoms with Crippen molar-refractivity contribution in [1.82, 2.24) is 4.90 Å². The van der Waals surface area contributed by atoms with Gasteiger partial charge in [-0.3, -0.25) is 4.90 Å². The maximum absolute atomic E-state index is 3.54. The molecule has 1 aliphatic rings. The van der Waals surface area contributed by atoms with Crippen LogP contribution >= 0.6 is 0 Å². The van der Waals surface area contributed by atoms with Crippen LogP contribution in [0.15, 0.2) is 24.3 Å². The molecule has 0 aromatic heterocycles. The fourth-order valence-electron chi connectivity index (χ4n) is 2.60. The molecular formula is C15H24N2. The summed E-state index contributed by atoms with van der Waals surface area (Å²) in [4.78, 5) is 2.61. The summed E-state index contributed by atoms with van der Waals surface area (Å²) >= 11 is 0. The van der Waals surface area contributed by atoms with Crippen LogP contribution in [-0.2, 0) is 0 Å². The average Bonchev–Trinajstić information content (AvgIpc) is 2.34. The summed E-state index contributed by atoms with van der Waals surface area (Å²) in [5, 5.41) is 3.54. The summed E-state index contributed by atoms with van der Waals surface area (Å²) in [6.45, 7) is 8.00. The van der Waals surface area contributed by atoms with E-state index in [2.05, 4.69) is 48.3 Å². The molecule has 1 aromatic rings. The highest BCUT2D eigenvalue weighted by atomic mass is 15.2. The summed E-state index contributed by atoms with van der Waals surface area (Å²) in [6, 6.07) is 9.27. The second kappa shape index (κ2) is 6.06. The van der Waals surface area contributed by atoms with Crippen molar-refractivity contribution in [3.63, 3.8) is 0 Å². The lowest BCUT2D eigenvalue weighted by Crippen LogP contribution is -2.40. The van der Waals surface area contributed by atoms with E-state index in [1.54, 1.807) is 0 Å². The van der Waals surface area contributed by atoms with Crippen LogP contribution in [-0.4, -0.2) is 30.6 Å². The molecule has 2 heteroatoms. The molecule has 0 amide bonds. The highest BCUT2D eigenvalue weighted by Gasteiger charge is 2.17. The van der Waals surface area contributed by atoms with Crippen LogP contribution in [0.2, 0.25) is 0 Å². The molecule has 0 aliphatic carbocycles. The molecule has 2 nitrogen and oxygen atoms in total. The van der Waals surface area contributed by atoms with Gasteiger partial charge >= 0.3 is 0 Å². The minimum Gasteiger partial charge on any atom is -0.384 e. The van der Waals surface area contributed by atoms with Crippen LogP contribution in [0.25, 0.3) is 0 Å². The van der Waals surface area contributed by atoms with Gasteiger partial charge in [0.05, 0.1) is 0 Å². The molecule has 1 unspecified atom stereocenters. The predicted octanol–water partition coefficient (Wildman–Crippen LogP) is 3.28. The van der Waals surface area contributed by atoms with Crippen molar-refractivity contribution >= 4 is 5.69 Å². The average molecular weight is 232 g/mol. The first-order chi connectivity index (χ1) is 8.27. The van der Waals surface area contributed by atoms with Crippen LogP contribution in [0.4, 0.5) is 5.69 Å². The van der Waals surface area contributed by atoms with Crippen LogP contribution in [0.5, 0.6) is 0 Å². The van der Waals surface area contributed by atoms with E-state index < -0.39 is 0 Å². The molecule has 2 rings (SSSR count). The van der Waals surface area contributed by atoms with E-state index in [1.165, 1.54) is 37.1 Å². The van der Waals surface area contributed by atoms with E-state index in [0.29, 0.717) is 0 Å². The number of hydrogen-bond donors (Lipinski definition) is 1. The second-order valence-corrected chi connectivity index (χ2v) is 5.12. The molecule has 1 N–H and O–H groups in total. The van der Waals surface area contributed by atoms with Crippen molar-refractivity contribution in [3.05, 3.63) is 29.8 Å². The van der Waals surface area contributed by atoms with Crippen LogP contribution in [0.1, 0.15) is 31.7 Å². The first-order valence-electron chi connectivity index (χ1n) is 6.81. The van der Waals surface area contributed by atoms with Gasteiger partial charge in [0.25, 0.3) is 0 Å². The summed E-state index contributed by atoms with van der Waals surface area (Å²) in [5.41, 5.74) is 2.61. The Kier molecular flexibility index (Phi) is 4.43. The third kappa shape index (κ3) is 3.47. The molecule has 1 aliphatic heterocycles. The second-order valence-electron chi connectivity index (χ2n) is 5.12. The topological polar surface area (TPSA) is 15.3 Å². The molecule has 0 radical (unpaired) electrons. The lowest BCUT2D eigenvalue weighted by molar-refractivity contribution is 0.167. The highest BCUT2D eigenvalue weighted by Crippen LogP contribution is 2.16. The molecule has 17 heavy (non-hydrogen) atoms. The quantitative estimate of drug-likeness (QED) is 0.857. The molecule has 0 saturated carbocycles. The van der Waals surface area contributed by atoms with Gasteiger partial charge in [0.1, 0.15) is 0 Å². The highest BCUT2D eigenvalue weighted by molar-refractivity contribution is 5.50. The Morgan fingerprint density at radius 1 is 1.29 bits per heavy atom. The Hall–Kier alpha value is -1.02. The smallest absolute Gasteiger partial charge is 0.0370 e. The van der Waals surface area contributed by atoms with Crippen molar-refractivity contribution in [2.24, 2.45) is 0 Å².